The summed E-state index contributed by atoms with van der Waals surface area (Å²) in [5, 5.41) is 0. The van der Waals surface area contributed by atoms with Crippen molar-refractivity contribution in [2.75, 3.05) is 0 Å². The lowest BCUT2D eigenvalue weighted by Crippen LogP contribution is -2.48. The first-order chi connectivity index (χ1) is 3.77. The van der Waals surface area contributed by atoms with E-state index < -0.39 is 5.72 Å². The van der Waals surface area contributed by atoms with Gasteiger partial charge in [-0.3, -0.25) is 10.5 Å². The molecule has 54 valence electrons. The van der Waals surface area contributed by atoms with Crippen LogP contribution in [0.5, 0.6) is 0 Å². The van der Waals surface area contributed by atoms with Crippen molar-refractivity contribution in [3.05, 3.63) is 0 Å². The molecule has 0 saturated heterocycles. The second kappa shape index (κ2) is 3.03. The molecule has 2 N–H and O–H groups in total. The number of hydrogen-bond donors (Lipinski definition) is 1. The van der Waals surface area contributed by atoms with Crippen molar-refractivity contribution in [2.24, 2.45) is 5.73 Å². The third-order valence-electron chi connectivity index (χ3n) is 1.48. The molecule has 0 spiro atoms. The predicted molar refractivity (Wildman–Crippen MR) is 35.2 cm³/mol. The first-order valence-electron chi connectivity index (χ1n) is 2.67. The lowest BCUT2D eigenvalue weighted by Gasteiger charge is -2.35. The van der Waals surface area contributed by atoms with Crippen LogP contribution < -0.4 is 5.73 Å². The monoisotopic (exact) mass is 151 g/mol. The molecule has 0 bridgehead atoms. The molecule has 4 heteroatoms. The van der Waals surface area contributed by atoms with Crippen LogP contribution in [0.2, 0.25) is 0 Å². The maximum Gasteiger partial charge on any atom is 0.294 e. The van der Waals surface area contributed by atoms with Gasteiger partial charge in [-0.15, -0.1) is 12.4 Å². The summed E-state index contributed by atoms with van der Waals surface area (Å²) < 4.78 is 4.56. The number of carbonyl (C=O) groups excluding carboxylic acids is 1. The average molecular weight is 152 g/mol. The van der Waals surface area contributed by atoms with Gasteiger partial charge >= 0.3 is 0 Å². The van der Waals surface area contributed by atoms with E-state index in [9.17, 15) is 4.79 Å². The van der Waals surface area contributed by atoms with Crippen LogP contribution in [-0.4, -0.2) is 12.2 Å². The molecule has 1 saturated carbocycles. The predicted octanol–water partition coefficient (Wildman–Crippen LogP) is 0.420. The quantitative estimate of drug-likeness (QED) is 0.460. The summed E-state index contributed by atoms with van der Waals surface area (Å²) in [5.74, 6) is 0. The molecule has 1 fully saturated rings. The van der Waals surface area contributed by atoms with Gasteiger partial charge in [-0.1, -0.05) is 0 Å². The van der Waals surface area contributed by atoms with Gasteiger partial charge in [-0.05, 0) is 6.42 Å². The zero-order chi connectivity index (χ0) is 6.04. The van der Waals surface area contributed by atoms with Gasteiger partial charge in [0.1, 0.15) is 0 Å². The molecule has 0 aromatic carbocycles. The SMILES string of the molecule is Cl.NC1(OC=O)CCC1. The highest BCUT2D eigenvalue weighted by atomic mass is 35.5. The van der Waals surface area contributed by atoms with Crippen molar-refractivity contribution in [2.45, 2.75) is 25.0 Å². The second-order valence-electron chi connectivity index (χ2n) is 2.13. The highest BCUT2D eigenvalue weighted by Crippen LogP contribution is 2.28. The molecular weight excluding hydrogens is 142 g/mol. The Bertz CT molecular complexity index is 103. The maximum absolute atomic E-state index is 9.71. The molecule has 0 amide bonds. The first kappa shape index (κ1) is 8.72. The van der Waals surface area contributed by atoms with Gasteiger partial charge in [0.05, 0.1) is 0 Å². The fraction of sp³-hybridized carbons (Fsp3) is 0.800. The van der Waals surface area contributed by atoms with E-state index in [1.807, 2.05) is 0 Å². The molecule has 0 heterocycles. The summed E-state index contributed by atoms with van der Waals surface area (Å²) in [4.78, 5) is 9.71. The Morgan fingerprint density at radius 2 is 2.11 bits per heavy atom. The van der Waals surface area contributed by atoms with E-state index >= 15 is 0 Å². The minimum atomic E-state index is -0.595. The number of halogens is 1. The van der Waals surface area contributed by atoms with Crippen molar-refractivity contribution >= 4 is 18.9 Å². The van der Waals surface area contributed by atoms with E-state index in [-0.39, 0.29) is 12.4 Å². The van der Waals surface area contributed by atoms with Gasteiger partial charge in [0.25, 0.3) is 6.47 Å². The topological polar surface area (TPSA) is 52.3 Å². The van der Waals surface area contributed by atoms with Crippen LogP contribution in [0.4, 0.5) is 0 Å². The van der Waals surface area contributed by atoms with E-state index in [1.165, 1.54) is 0 Å². The number of rotatable bonds is 2. The molecule has 1 aliphatic rings. The smallest absolute Gasteiger partial charge is 0.294 e. The van der Waals surface area contributed by atoms with Crippen molar-refractivity contribution in [3.63, 3.8) is 0 Å². The molecule has 0 aromatic rings. The number of carbonyl (C=O) groups is 1. The van der Waals surface area contributed by atoms with E-state index in [2.05, 4.69) is 4.74 Å². The van der Waals surface area contributed by atoms with Gasteiger partial charge in [-0.25, -0.2) is 0 Å². The van der Waals surface area contributed by atoms with Gasteiger partial charge in [0.2, 0.25) is 0 Å². The van der Waals surface area contributed by atoms with Crippen LogP contribution in [0.1, 0.15) is 19.3 Å². The highest BCUT2D eigenvalue weighted by Gasteiger charge is 2.34. The Morgan fingerprint density at radius 1 is 1.56 bits per heavy atom. The van der Waals surface area contributed by atoms with Crippen molar-refractivity contribution < 1.29 is 9.53 Å². The third kappa shape index (κ3) is 1.84. The summed E-state index contributed by atoms with van der Waals surface area (Å²) in [6.07, 6.45) is 2.70. The van der Waals surface area contributed by atoms with Crippen LogP contribution in [0.15, 0.2) is 0 Å². The standard InChI is InChI=1S/C5H9NO2.ClH/c6-5(8-4-7)2-1-3-5;/h4H,1-3,6H2;1H. The Morgan fingerprint density at radius 3 is 2.22 bits per heavy atom. The minimum absolute atomic E-state index is 0. The van der Waals surface area contributed by atoms with Gasteiger partial charge in [0, 0.05) is 12.8 Å². The normalized spacial score (nSPS) is 21.0. The van der Waals surface area contributed by atoms with E-state index in [0.29, 0.717) is 6.47 Å². The molecule has 0 aromatic heterocycles. The van der Waals surface area contributed by atoms with Crippen LogP contribution in [0.3, 0.4) is 0 Å². The Kier molecular flexibility index (Phi) is 2.94. The Labute approximate surface area is 60.0 Å². The third-order valence-corrected chi connectivity index (χ3v) is 1.48. The fourth-order valence-corrected chi connectivity index (χ4v) is 0.739. The second-order valence-corrected chi connectivity index (χ2v) is 2.13. The number of hydrogen-bond acceptors (Lipinski definition) is 3. The van der Waals surface area contributed by atoms with Gasteiger partial charge < -0.3 is 4.74 Å². The molecule has 0 radical (unpaired) electrons. The van der Waals surface area contributed by atoms with Crippen LogP contribution >= 0.6 is 12.4 Å². The maximum atomic E-state index is 9.71. The molecule has 1 aliphatic carbocycles. The molecule has 9 heavy (non-hydrogen) atoms. The van der Waals surface area contributed by atoms with Crippen molar-refractivity contribution in [3.8, 4) is 0 Å². The largest absolute Gasteiger partial charge is 0.446 e. The lowest BCUT2D eigenvalue weighted by atomic mass is 9.89. The number of nitrogens with two attached hydrogens (primary N) is 1. The summed E-state index contributed by atoms with van der Waals surface area (Å²) >= 11 is 0. The first-order valence-corrected chi connectivity index (χ1v) is 2.67. The van der Waals surface area contributed by atoms with Crippen LogP contribution in [0.25, 0.3) is 0 Å². The van der Waals surface area contributed by atoms with Gasteiger partial charge in [-0.2, -0.15) is 0 Å². The summed E-state index contributed by atoms with van der Waals surface area (Å²) in [6, 6.07) is 0. The summed E-state index contributed by atoms with van der Waals surface area (Å²) in [7, 11) is 0. The minimum Gasteiger partial charge on any atom is -0.446 e. The fourth-order valence-electron chi connectivity index (χ4n) is 0.739. The molecule has 3 nitrogen and oxygen atoms in total. The van der Waals surface area contributed by atoms with E-state index in [1.54, 1.807) is 0 Å². The van der Waals surface area contributed by atoms with Crippen LogP contribution in [-0.2, 0) is 9.53 Å². The molecule has 0 unspecified atom stereocenters. The van der Waals surface area contributed by atoms with Crippen LogP contribution in [0, 0.1) is 0 Å². The number of ether oxygens (including phenoxy) is 1. The highest BCUT2D eigenvalue weighted by molar-refractivity contribution is 5.85. The zero-order valence-electron chi connectivity index (χ0n) is 5.00. The molecule has 1 rings (SSSR count). The summed E-state index contributed by atoms with van der Waals surface area (Å²) in [6.45, 7) is 0.416. The Hall–Kier alpha value is -0.280. The average Bonchev–Trinajstić information content (AvgIpc) is 1.64. The van der Waals surface area contributed by atoms with E-state index in [0.717, 1.165) is 19.3 Å². The molecule has 0 aliphatic heterocycles. The van der Waals surface area contributed by atoms with Crippen molar-refractivity contribution in [1.29, 1.82) is 0 Å². The zero-order valence-corrected chi connectivity index (χ0v) is 5.82. The van der Waals surface area contributed by atoms with Crippen molar-refractivity contribution in [1.82, 2.24) is 0 Å². The Balaban J connectivity index is 0.000000640. The van der Waals surface area contributed by atoms with E-state index in [4.69, 9.17) is 5.73 Å². The lowest BCUT2D eigenvalue weighted by molar-refractivity contribution is -0.152. The molecular formula is C5H10ClNO2. The molecule has 0 atom stereocenters. The van der Waals surface area contributed by atoms with Gasteiger partial charge in [0.15, 0.2) is 5.72 Å². The summed E-state index contributed by atoms with van der Waals surface area (Å²) in [5.41, 5.74) is 4.86.